The fraction of sp³-hybridized carbons (Fsp3) is 0.375. The molecule has 0 fully saturated rings. The smallest absolute Gasteiger partial charge is 0.414 e. The molecule has 0 aliphatic heterocycles. The second-order valence-electron chi connectivity index (χ2n) is 16.4. The summed E-state index contributed by atoms with van der Waals surface area (Å²) in [4.78, 5) is 69.5. The first-order chi connectivity index (χ1) is 29.9. The van der Waals surface area contributed by atoms with Crippen molar-refractivity contribution in [3.63, 3.8) is 0 Å². The van der Waals surface area contributed by atoms with Gasteiger partial charge in [0, 0.05) is 19.1 Å². The van der Waals surface area contributed by atoms with E-state index in [0.29, 0.717) is 24.3 Å². The normalized spacial score (nSPS) is 12.2. The standard InChI is InChI=1S/C48H59N5O10.H2/c1-10-18-36(43(56)59-9)51-42(55)35(23-16-17-28-49-44(52-45(57)62-47(3,4)5)53-46(58)63-48(6,7)8)50-39(54)30-61-38-27-25-32-20-13-15-22-34(32)41(38)40-33-21-14-12-19-31(33)24-26-37(40)60-29-11-2;/h10-15,19-22,24-27,35-36H,1-2,16-18,23,28-30H2,3-9H3,(H,50,54)(H,51,55)(H2,49,52,53,57,58);1H/t35-,36+;/m1./s1/i;1+1. The highest BCUT2D eigenvalue weighted by atomic mass is 16.6. The number of aliphatic imine (C=N–C) groups is 1. The van der Waals surface area contributed by atoms with Gasteiger partial charge in [0.1, 0.15) is 41.4 Å². The minimum atomic E-state index is -1.12. The van der Waals surface area contributed by atoms with Crippen molar-refractivity contribution in [3.8, 4) is 22.6 Å². The molecule has 15 heteroatoms. The minimum absolute atomic E-state index is 0. The number of guanidine groups is 1. The van der Waals surface area contributed by atoms with Crippen molar-refractivity contribution in [2.45, 2.75) is 90.5 Å². The Balaban J connectivity index is 0.0000109. The lowest BCUT2D eigenvalue weighted by Gasteiger charge is -2.22. The lowest BCUT2D eigenvalue weighted by molar-refractivity contribution is -0.145. The Morgan fingerprint density at radius 1 is 0.698 bits per heavy atom. The van der Waals surface area contributed by atoms with E-state index in [1.165, 1.54) is 13.2 Å². The average Bonchev–Trinajstić information content (AvgIpc) is 3.22. The van der Waals surface area contributed by atoms with Gasteiger partial charge in [-0.3, -0.25) is 25.2 Å². The van der Waals surface area contributed by atoms with Crippen LogP contribution in [0.4, 0.5) is 9.59 Å². The van der Waals surface area contributed by atoms with Crippen molar-refractivity contribution < 1.29 is 49.1 Å². The van der Waals surface area contributed by atoms with Gasteiger partial charge in [-0.2, -0.15) is 0 Å². The van der Waals surface area contributed by atoms with Crippen molar-refractivity contribution in [3.05, 3.63) is 98.1 Å². The number of carbonyl (C=O) groups excluding carboxylic acids is 5. The minimum Gasteiger partial charge on any atom is -0.489 e. The topological polar surface area (TPSA) is 192 Å². The second-order valence-corrected chi connectivity index (χ2v) is 16.4. The van der Waals surface area contributed by atoms with Gasteiger partial charge in [-0.15, -0.1) is 6.58 Å². The molecule has 0 unspecified atom stereocenters. The summed E-state index contributed by atoms with van der Waals surface area (Å²) in [5.74, 6) is -1.09. The summed E-state index contributed by atoms with van der Waals surface area (Å²) in [5.41, 5.74) is -0.130. The highest BCUT2D eigenvalue weighted by Gasteiger charge is 2.28. The summed E-state index contributed by atoms with van der Waals surface area (Å²) >= 11 is 0. The molecule has 338 valence electrons. The van der Waals surface area contributed by atoms with E-state index in [0.717, 1.165) is 32.7 Å². The Morgan fingerprint density at radius 3 is 1.75 bits per heavy atom. The van der Waals surface area contributed by atoms with Crippen molar-refractivity contribution >= 4 is 57.5 Å². The number of fused-ring (bicyclic) bond motifs is 2. The van der Waals surface area contributed by atoms with Crippen LogP contribution in [0.1, 0.15) is 68.7 Å². The fourth-order valence-corrected chi connectivity index (χ4v) is 6.41. The van der Waals surface area contributed by atoms with Crippen LogP contribution in [0.2, 0.25) is 0 Å². The highest BCUT2D eigenvalue weighted by molar-refractivity contribution is 6.10. The van der Waals surface area contributed by atoms with Crippen LogP contribution in [0.5, 0.6) is 11.5 Å². The van der Waals surface area contributed by atoms with E-state index in [9.17, 15) is 24.0 Å². The maximum Gasteiger partial charge on any atom is 0.414 e. The van der Waals surface area contributed by atoms with Gasteiger partial charge in [0.25, 0.3) is 5.91 Å². The molecule has 15 nitrogen and oxygen atoms in total. The number of unbranched alkanes of at least 4 members (excludes halogenated alkanes) is 1. The first kappa shape index (κ1) is 48.8. The van der Waals surface area contributed by atoms with Gasteiger partial charge in [-0.05, 0) is 101 Å². The zero-order chi connectivity index (χ0) is 46.2. The number of carbonyl (C=O) groups is 5. The molecule has 2 atom stereocenters. The lowest BCUT2D eigenvalue weighted by Crippen LogP contribution is -2.52. The molecule has 4 aromatic rings. The summed E-state index contributed by atoms with van der Waals surface area (Å²) in [7, 11) is 1.21. The number of hydrogen-bond acceptors (Lipinski definition) is 11. The Bertz CT molecular complexity index is 2290. The van der Waals surface area contributed by atoms with Crippen LogP contribution in [0, 0.1) is 0 Å². The van der Waals surface area contributed by atoms with Gasteiger partial charge >= 0.3 is 18.2 Å². The van der Waals surface area contributed by atoms with Crippen LogP contribution in [0.25, 0.3) is 32.7 Å². The van der Waals surface area contributed by atoms with E-state index >= 15 is 0 Å². The maximum absolute atomic E-state index is 13.8. The van der Waals surface area contributed by atoms with Gasteiger partial charge in [0.05, 0.1) is 7.11 Å². The second kappa shape index (κ2) is 22.8. The lowest BCUT2D eigenvalue weighted by atomic mass is 9.92. The molecule has 0 aliphatic rings. The van der Waals surface area contributed by atoms with E-state index < -0.39 is 59.9 Å². The monoisotopic (exact) mass is 868 g/mol. The number of amides is 4. The number of esters is 1. The van der Waals surface area contributed by atoms with Gasteiger partial charge < -0.3 is 34.3 Å². The van der Waals surface area contributed by atoms with E-state index in [2.05, 4.69) is 39.4 Å². The molecule has 0 bridgehead atoms. The van der Waals surface area contributed by atoms with Crippen LogP contribution >= 0.6 is 0 Å². The van der Waals surface area contributed by atoms with Crippen LogP contribution in [-0.2, 0) is 28.6 Å². The predicted molar refractivity (Wildman–Crippen MR) is 246 cm³/mol. The van der Waals surface area contributed by atoms with Gasteiger partial charge in [0.2, 0.25) is 11.9 Å². The molecule has 0 radical (unpaired) electrons. The van der Waals surface area contributed by atoms with Crippen LogP contribution in [0.3, 0.4) is 0 Å². The Morgan fingerprint density at radius 2 is 1.24 bits per heavy atom. The molecule has 0 aromatic heterocycles. The Kier molecular flexibility index (Phi) is 17.6. The molecule has 0 aliphatic carbocycles. The fourth-order valence-electron chi connectivity index (χ4n) is 6.41. The van der Waals surface area contributed by atoms with Crippen LogP contribution < -0.4 is 30.7 Å². The van der Waals surface area contributed by atoms with Crippen molar-refractivity contribution in [2.24, 2.45) is 4.99 Å². The summed E-state index contributed by atoms with van der Waals surface area (Å²) in [6.07, 6.45) is 2.35. The number of alkyl carbamates (subject to hydrolysis) is 2. The largest absolute Gasteiger partial charge is 0.489 e. The van der Waals surface area contributed by atoms with E-state index in [1.807, 2.05) is 66.7 Å². The Hall–Kier alpha value is -6.90. The number of rotatable bonds is 18. The SMILES string of the molecule is C=CCOc1ccc2ccccc2c1-c1c(OCC(=O)N[C@H](CCCCN=C(NC(=O)OC(C)(C)C)NC(=O)OC(C)(C)C)C(=O)N[C@@H](CC=C)C(=O)OC)ccc2ccccc12.[2HH]. The third-order valence-electron chi connectivity index (χ3n) is 9.01. The number of nitrogens with one attached hydrogen (secondary N) is 4. The van der Waals surface area contributed by atoms with E-state index in [1.54, 1.807) is 53.7 Å². The highest BCUT2D eigenvalue weighted by Crippen LogP contribution is 2.45. The number of ether oxygens (including phenoxy) is 5. The summed E-state index contributed by atoms with van der Waals surface area (Å²) < 4.78 is 28.0. The quantitative estimate of drug-likeness (QED) is 0.0190. The maximum atomic E-state index is 13.8. The van der Waals surface area contributed by atoms with Crippen molar-refractivity contribution in [1.82, 2.24) is 21.3 Å². The Labute approximate surface area is 370 Å². The summed E-state index contributed by atoms with van der Waals surface area (Å²) in [6.45, 7) is 17.5. The molecule has 0 heterocycles. The van der Waals surface area contributed by atoms with Gasteiger partial charge in [-0.25, -0.2) is 14.4 Å². The predicted octanol–water partition coefficient (Wildman–Crippen LogP) is 8.14. The third-order valence-corrected chi connectivity index (χ3v) is 9.01. The average molecular weight is 869 g/mol. The first-order valence-corrected chi connectivity index (χ1v) is 20.7. The third kappa shape index (κ3) is 15.2. The molecule has 4 amide bonds. The number of nitrogens with zero attached hydrogens (tertiary/aromatic N) is 1. The number of hydrogen-bond donors (Lipinski definition) is 4. The van der Waals surface area contributed by atoms with E-state index in [4.69, 9.17) is 23.7 Å². The summed E-state index contributed by atoms with van der Waals surface area (Å²) in [5, 5.41) is 14.0. The molecule has 63 heavy (non-hydrogen) atoms. The zero-order valence-corrected chi connectivity index (χ0v) is 37.1. The van der Waals surface area contributed by atoms with Gasteiger partial charge in [0.15, 0.2) is 6.61 Å². The van der Waals surface area contributed by atoms with Crippen molar-refractivity contribution in [1.29, 1.82) is 0 Å². The molecule has 0 saturated carbocycles. The molecule has 4 N–H and O–H groups in total. The van der Waals surface area contributed by atoms with Crippen LogP contribution in [-0.4, -0.2) is 86.1 Å². The first-order valence-electron chi connectivity index (χ1n) is 20.7. The summed E-state index contributed by atoms with van der Waals surface area (Å²) in [6, 6.07) is 21.2. The molecular weight excluding hydrogens is 807 g/mol. The number of benzene rings is 4. The molecule has 0 spiro atoms. The zero-order valence-electron chi connectivity index (χ0n) is 37.1. The van der Waals surface area contributed by atoms with Crippen molar-refractivity contribution in [2.75, 3.05) is 26.9 Å². The molecular formula is C48H61N5O10. The van der Waals surface area contributed by atoms with Gasteiger partial charge in [-0.1, -0.05) is 79.4 Å². The van der Waals surface area contributed by atoms with E-state index in [-0.39, 0.29) is 33.4 Å². The molecule has 0 saturated heterocycles. The number of methoxy groups -OCH3 is 1. The van der Waals surface area contributed by atoms with Crippen LogP contribution in [0.15, 0.2) is 103 Å². The molecule has 4 aromatic carbocycles. The molecule has 4 rings (SSSR count).